The Hall–Kier alpha value is -2.36. The molecule has 0 spiro atoms. The van der Waals surface area contributed by atoms with E-state index in [9.17, 15) is 23.4 Å². The summed E-state index contributed by atoms with van der Waals surface area (Å²) >= 11 is 6.07. The zero-order valence-electron chi connectivity index (χ0n) is 14.9. The minimum absolute atomic E-state index is 0.0201. The van der Waals surface area contributed by atoms with Crippen molar-refractivity contribution in [1.29, 1.82) is 0 Å². The Labute approximate surface area is 169 Å². The summed E-state index contributed by atoms with van der Waals surface area (Å²) < 4.78 is 41.7. The SMILES string of the molecule is [CH2][C@@H]1C[C@@H](Nc2ccnc3cc(-c4c(Cl)cccc4C(F)(F)F)nn23)[C@H](O)[C@@H]1O. The molecule has 1 aromatic carbocycles. The second kappa shape index (κ2) is 7.16. The van der Waals surface area contributed by atoms with Crippen LogP contribution < -0.4 is 5.32 Å². The smallest absolute Gasteiger partial charge is 0.390 e. The first kappa shape index (κ1) is 19.9. The van der Waals surface area contributed by atoms with Crippen LogP contribution in [0, 0.1) is 12.8 Å². The minimum Gasteiger partial charge on any atom is -0.390 e. The molecular weight excluding hydrogens is 409 g/mol. The van der Waals surface area contributed by atoms with Gasteiger partial charge in [0.15, 0.2) is 5.65 Å². The maximum Gasteiger partial charge on any atom is 0.417 e. The molecule has 0 unspecified atom stereocenters. The summed E-state index contributed by atoms with van der Waals surface area (Å²) in [5.74, 6) is 0.0673. The van der Waals surface area contributed by atoms with Gasteiger partial charge in [0.25, 0.3) is 0 Å². The van der Waals surface area contributed by atoms with Crippen molar-refractivity contribution in [2.24, 2.45) is 5.92 Å². The highest BCUT2D eigenvalue weighted by Crippen LogP contribution is 2.40. The van der Waals surface area contributed by atoms with Crippen LogP contribution in [0.3, 0.4) is 0 Å². The highest BCUT2D eigenvalue weighted by Gasteiger charge is 2.39. The third-order valence-electron chi connectivity index (χ3n) is 5.07. The predicted octanol–water partition coefficient (Wildman–Crippen LogP) is 3.42. The van der Waals surface area contributed by atoms with Crippen molar-refractivity contribution < 1.29 is 23.4 Å². The number of halogens is 4. The summed E-state index contributed by atoms with van der Waals surface area (Å²) in [4.78, 5) is 4.14. The molecule has 0 bridgehead atoms. The second-order valence-corrected chi connectivity index (χ2v) is 7.42. The van der Waals surface area contributed by atoms with Crippen molar-refractivity contribution in [3.8, 4) is 11.3 Å². The average molecular weight is 426 g/mol. The number of benzene rings is 1. The van der Waals surface area contributed by atoms with Crippen molar-refractivity contribution in [2.45, 2.75) is 30.8 Å². The Morgan fingerprint density at radius 3 is 2.62 bits per heavy atom. The van der Waals surface area contributed by atoms with Gasteiger partial charge in [0.1, 0.15) is 11.9 Å². The molecule has 1 saturated carbocycles. The molecule has 1 aliphatic rings. The lowest BCUT2D eigenvalue weighted by Crippen LogP contribution is -2.35. The molecule has 1 aliphatic carbocycles. The van der Waals surface area contributed by atoms with E-state index in [1.165, 1.54) is 28.9 Å². The Balaban J connectivity index is 1.77. The molecule has 1 radical (unpaired) electrons. The highest BCUT2D eigenvalue weighted by molar-refractivity contribution is 6.33. The Bertz CT molecular complexity index is 1060. The van der Waals surface area contributed by atoms with Crippen LogP contribution in [0.25, 0.3) is 16.9 Å². The topological polar surface area (TPSA) is 82.7 Å². The van der Waals surface area contributed by atoms with Crippen molar-refractivity contribution in [3.63, 3.8) is 0 Å². The van der Waals surface area contributed by atoms with Gasteiger partial charge in [-0.1, -0.05) is 17.7 Å². The number of nitrogens with zero attached hydrogens (tertiary/aromatic N) is 3. The van der Waals surface area contributed by atoms with Gasteiger partial charge in [-0.15, -0.1) is 0 Å². The summed E-state index contributed by atoms with van der Waals surface area (Å²) in [6.45, 7) is 3.80. The van der Waals surface area contributed by atoms with Gasteiger partial charge < -0.3 is 15.5 Å². The maximum absolute atomic E-state index is 13.5. The summed E-state index contributed by atoms with van der Waals surface area (Å²) in [7, 11) is 0. The number of aliphatic hydroxyl groups excluding tert-OH is 2. The third-order valence-corrected chi connectivity index (χ3v) is 5.38. The molecular formula is C19H17ClF3N4O2. The van der Waals surface area contributed by atoms with Crippen LogP contribution in [0.1, 0.15) is 12.0 Å². The van der Waals surface area contributed by atoms with E-state index >= 15 is 0 Å². The first-order chi connectivity index (χ1) is 13.7. The zero-order valence-corrected chi connectivity index (χ0v) is 15.7. The third kappa shape index (κ3) is 3.54. The van der Waals surface area contributed by atoms with Gasteiger partial charge in [0.2, 0.25) is 0 Å². The second-order valence-electron chi connectivity index (χ2n) is 7.02. The molecule has 6 nitrogen and oxygen atoms in total. The van der Waals surface area contributed by atoms with Crippen LogP contribution in [0.4, 0.5) is 19.0 Å². The molecule has 153 valence electrons. The lowest BCUT2D eigenvalue weighted by molar-refractivity contribution is -0.137. The Kier molecular flexibility index (Phi) is 4.92. The molecule has 10 heteroatoms. The lowest BCUT2D eigenvalue weighted by atomic mass is 10.0. The molecule has 0 amide bonds. The predicted molar refractivity (Wildman–Crippen MR) is 101 cm³/mol. The quantitative estimate of drug-likeness (QED) is 0.599. The van der Waals surface area contributed by atoms with E-state index in [2.05, 4.69) is 22.3 Å². The first-order valence-electron chi connectivity index (χ1n) is 8.83. The fourth-order valence-corrected chi connectivity index (χ4v) is 3.87. The van der Waals surface area contributed by atoms with Crippen molar-refractivity contribution in [3.05, 3.63) is 54.0 Å². The fourth-order valence-electron chi connectivity index (χ4n) is 3.60. The summed E-state index contributed by atoms with van der Waals surface area (Å²) in [6, 6.07) is 6.05. The molecule has 3 aromatic rings. The number of anilines is 1. The van der Waals surface area contributed by atoms with Gasteiger partial charge in [-0.3, -0.25) is 0 Å². The van der Waals surface area contributed by atoms with Crippen LogP contribution in [-0.4, -0.2) is 43.1 Å². The zero-order chi connectivity index (χ0) is 20.9. The minimum atomic E-state index is -4.60. The summed E-state index contributed by atoms with van der Waals surface area (Å²) in [5, 5.41) is 27.3. The number of alkyl halides is 3. The molecule has 3 N–H and O–H groups in total. The number of nitrogens with one attached hydrogen (secondary N) is 1. The van der Waals surface area contributed by atoms with E-state index in [0.717, 1.165) is 6.07 Å². The van der Waals surface area contributed by atoms with Gasteiger partial charge in [-0.05, 0) is 37.5 Å². The Morgan fingerprint density at radius 2 is 1.97 bits per heavy atom. The van der Waals surface area contributed by atoms with Gasteiger partial charge in [-0.25, -0.2) is 4.98 Å². The van der Waals surface area contributed by atoms with Gasteiger partial charge in [0.05, 0.1) is 28.4 Å². The fraction of sp³-hybridized carbons (Fsp3) is 0.316. The van der Waals surface area contributed by atoms with E-state index in [-0.39, 0.29) is 22.2 Å². The number of aromatic nitrogens is 3. The van der Waals surface area contributed by atoms with Gasteiger partial charge in [0, 0.05) is 17.8 Å². The van der Waals surface area contributed by atoms with Crippen molar-refractivity contribution in [1.82, 2.24) is 14.6 Å². The van der Waals surface area contributed by atoms with E-state index < -0.39 is 30.0 Å². The summed E-state index contributed by atoms with van der Waals surface area (Å²) in [6.07, 6.45) is -4.70. The van der Waals surface area contributed by atoms with E-state index in [0.29, 0.717) is 17.9 Å². The van der Waals surface area contributed by atoms with Crippen LogP contribution in [0.2, 0.25) is 5.02 Å². The maximum atomic E-state index is 13.5. The molecule has 0 aliphatic heterocycles. The van der Waals surface area contributed by atoms with Crippen LogP contribution in [-0.2, 0) is 6.18 Å². The number of fused-ring (bicyclic) bond motifs is 1. The number of hydrogen-bond donors (Lipinski definition) is 3. The molecule has 29 heavy (non-hydrogen) atoms. The number of hydrogen-bond acceptors (Lipinski definition) is 5. The monoisotopic (exact) mass is 425 g/mol. The van der Waals surface area contributed by atoms with E-state index in [4.69, 9.17) is 11.6 Å². The number of aliphatic hydroxyl groups is 2. The van der Waals surface area contributed by atoms with Gasteiger partial charge in [-0.2, -0.15) is 22.8 Å². The molecule has 1 fully saturated rings. The van der Waals surface area contributed by atoms with Crippen molar-refractivity contribution >= 4 is 23.1 Å². The largest absolute Gasteiger partial charge is 0.417 e. The van der Waals surface area contributed by atoms with Crippen molar-refractivity contribution in [2.75, 3.05) is 5.32 Å². The first-order valence-corrected chi connectivity index (χ1v) is 9.21. The highest BCUT2D eigenvalue weighted by atomic mass is 35.5. The van der Waals surface area contributed by atoms with E-state index in [1.54, 1.807) is 6.07 Å². The lowest BCUT2D eigenvalue weighted by Gasteiger charge is -2.19. The molecule has 4 atom stereocenters. The summed E-state index contributed by atoms with van der Waals surface area (Å²) in [5.41, 5.74) is -0.798. The molecule has 4 rings (SSSR count). The molecule has 2 heterocycles. The molecule has 2 aromatic heterocycles. The average Bonchev–Trinajstić information content (AvgIpc) is 3.18. The number of rotatable bonds is 3. The standard InChI is InChI=1S/C19H17ClF3N4O2/c1-9-7-13(18(29)17(9)28)25-14-5-6-24-15-8-12(26-27(14)15)16-10(19(21,22)23)3-2-4-11(16)20/h2-6,8-9,13,17-18,25,28-29H,1,7H2/t9-,13-,17-,18+/m1/s1. The van der Waals surface area contributed by atoms with E-state index in [1.807, 2.05) is 0 Å². The van der Waals surface area contributed by atoms with Crippen LogP contribution in [0.15, 0.2) is 36.5 Å². The Morgan fingerprint density at radius 1 is 1.21 bits per heavy atom. The van der Waals surface area contributed by atoms with Gasteiger partial charge >= 0.3 is 6.18 Å². The normalized spacial score (nSPS) is 24.9. The molecule has 0 saturated heterocycles. The van der Waals surface area contributed by atoms with Crippen LogP contribution >= 0.6 is 11.6 Å². The van der Waals surface area contributed by atoms with Crippen LogP contribution in [0.5, 0.6) is 0 Å².